The number of carbonyl (C=O) groups is 1. The largest absolute Gasteiger partial charge is 0.370 e. The van der Waals surface area contributed by atoms with Crippen molar-refractivity contribution in [3.05, 3.63) is 35.1 Å². The molecule has 0 radical (unpaired) electrons. The molecule has 0 aliphatic heterocycles. The molecular weight excluding hydrogens is 208 g/mol. The van der Waals surface area contributed by atoms with Crippen LogP contribution in [0.4, 0.5) is 4.39 Å². The molecule has 0 aliphatic rings. The van der Waals surface area contributed by atoms with E-state index in [1.807, 2.05) is 0 Å². The summed E-state index contributed by atoms with van der Waals surface area (Å²) in [4.78, 5) is 15.2. The molecule has 0 saturated carbocycles. The zero-order valence-electron chi connectivity index (χ0n) is 9.03. The van der Waals surface area contributed by atoms with E-state index in [0.29, 0.717) is 17.5 Å². The zero-order chi connectivity index (χ0) is 12.1. The van der Waals surface area contributed by atoms with Gasteiger partial charge < -0.3 is 11.5 Å². The molecule has 0 unspecified atom stereocenters. The second-order valence-corrected chi connectivity index (χ2v) is 3.37. The van der Waals surface area contributed by atoms with Gasteiger partial charge >= 0.3 is 0 Å². The van der Waals surface area contributed by atoms with E-state index in [4.69, 9.17) is 11.5 Å². The Bertz CT molecular complexity index is 425. The van der Waals surface area contributed by atoms with Crippen LogP contribution in [0.5, 0.6) is 0 Å². The lowest BCUT2D eigenvalue weighted by molar-refractivity contribution is 0.0987. The fraction of sp³-hybridized carbons (Fsp3) is 0.273. The third-order valence-electron chi connectivity index (χ3n) is 2.04. The highest BCUT2D eigenvalue weighted by Gasteiger charge is 2.06. The van der Waals surface area contributed by atoms with Gasteiger partial charge in [-0.25, -0.2) is 9.38 Å². The van der Waals surface area contributed by atoms with Crippen molar-refractivity contribution < 1.29 is 9.18 Å². The van der Waals surface area contributed by atoms with Gasteiger partial charge in [-0.1, -0.05) is 6.92 Å². The van der Waals surface area contributed by atoms with Crippen molar-refractivity contribution in [1.29, 1.82) is 0 Å². The Morgan fingerprint density at radius 2 is 2.06 bits per heavy atom. The van der Waals surface area contributed by atoms with Crippen molar-refractivity contribution in [1.82, 2.24) is 0 Å². The summed E-state index contributed by atoms with van der Waals surface area (Å²) < 4.78 is 13.2. The Morgan fingerprint density at radius 1 is 1.38 bits per heavy atom. The summed E-state index contributed by atoms with van der Waals surface area (Å²) in [5.74, 6) is -0.627. The molecule has 5 heteroatoms. The van der Waals surface area contributed by atoms with Gasteiger partial charge in [0.1, 0.15) is 5.82 Å². The van der Waals surface area contributed by atoms with Crippen LogP contribution >= 0.6 is 0 Å². The molecule has 1 aromatic carbocycles. The van der Waals surface area contributed by atoms with E-state index in [2.05, 4.69) is 4.99 Å². The first kappa shape index (κ1) is 12.2. The smallest absolute Gasteiger partial charge is 0.186 e. The quantitative estimate of drug-likeness (QED) is 0.456. The summed E-state index contributed by atoms with van der Waals surface area (Å²) in [5, 5.41) is 0. The molecule has 0 aromatic heterocycles. The van der Waals surface area contributed by atoms with E-state index in [9.17, 15) is 9.18 Å². The second kappa shape index (κ2) is 5.25. The molecule has 4 nitrogen and oxygen atoms in total. The number of carbonyl (C=O) groups excluding carboxylic acids is 1. The van der Waals surface area contributed by atoms with Crippen molar-refractivity contribution in [3.8, 4) is 0 Å². The number of rotatable bonds is 4. The van der Waals surface area contributed by atoms with Crippen LogP contribution in [0.1, 0.15) is 29.3 Å². The van der Waals surface area contributed by atoms with E-state index in [1.54, 1.807) is 13.0 Å². The minimum atomic E-state index is -0.458. The van der Waals surface area contributed by atoms with Crippen LogP contribution in [0.2, 0.25) is 0 Å². The molecule has 0 saturated heterocycles. The number of ketones is 1. The Balaban J connectivity index is 2.98. The van der Waals surface area contributed by atoms with Crippen LogP contribution in [-0.4, -0.2) is 11.7 Å². The molecule has 1 rings (SSSR count). The van der Waals surface area contributed by atoms with Crippen molar-refractivity contribution in [2.24, 2.45) is 16.5 Å². The number of hydrogen-bond donors (Lipinski definition) is 2. The summed E-state index contributed by atoms with van der Waals surface area (Å²) in [6.45, 7) is 1.90. The molecule has 86 valence electrons. The van der Waals surface area contributed by atoms with Gasteiger partial charge in [-0.05, 0) is 23.8 Å². The minimum absolute atomic E-state index is 0.0624. The van der Waals surface area contributed by atoms with E-state index >= 15 is 0 Å². The Kier molecular flexibility index (Phi) is 3.99. The molecule has 0 amide bonds. The molecule has 0 atom stereocenters. The maximum atomic E-state index is 13.2. The van der Waals surface area contributed by atoms with Crippen LogP contribution in [-0.2, 0) is 6.54 Å². The minimum Gasteiger partial charge on any atom is -0.370 e. The third kappa shape index (κ3) is 3.34. The molecule has 4 N–H and O–H groups in total. The maximum Gasteiger partial charge on any atom is 0.186 e. The number of nitrogens with two attached hydrogens (primary N) is 2. The molecule has 0 spiro atoms. The first-order valence-corrected chi connectivity index (χ1v) is 4.91. The first-order chi connectivity index (χ1) is 7.52. The second-order valence-electron chi connectivity index (χ2n) is 3.37. The molecule has 0 heterocycles. The van der Waals surface area contributed by atoms with Crippen LogP contribution in [0.3, 0.4) is 0 Å². The van der Waals surface area contributed by atoms with E-state index in [0.717, 1.165) is 0 Å². The lowest BCUT2D eigenvalue weighted by atomic mass is 10.1. The topological polar surface area (TPSA) is 81.5 Å². The average molecular weight is 222 g/mol. The number of benzene rings is 1. The lowest BCUT2D eigenvalue weighted by Crippen LogP contribution is -2.22. The number of Topliss-reactive ketones (excluding diaryl/α,β-unsaturated/α-hetero) is 1. The molecule has 0 fully saturated rings. The summed E-state index contributed by atoms with van der Waals surface area (Å²) in [7, 11) is 0. The van der Waals surface area contributed by atoms with Crippen LogP contribution < -0.4 is 11.5 Å². The van der Waals surface area contributed by atoms with Crippen molar-refractivity contribution in [2.45, 2.75) is 19.9 Å². The number of nitrogens with zero attached hydrogens (tertiary/aromatic N) is 1. The zero-order valence-corrected chi connectivity index (χ0v) is 9.03. The normalized spacial score (nSPS) is 9.88. The summed E-state index contributed by atoms with van der Waals surface area (Å²) >= 11 is 0. The van der Waals surface area contributed by atoms with Crippen LogP contribution in [0, 0.1) is 5.82 Å². The highest BCUT2D eigenvalue weighted by atomic mass is 18.2. The summed E-state index contributed by atoms with van der Waals surface area (Å²) in [5.41, 5.74) is 11.3. The molecule has 16 heavy (non-hydrogen) atoms. The van der Waals surface area contributed by atoms with Gasteiger partial charge in [0.2, 0.25) is 0 Å². The fourth-order valence-electron chi connectivity index (χ4n) is 1.29. The predicted molar refractivity (Wildman–Crippen MR) is 60.5 cm³/mol. The van der Waals surface area contributed by atoms with Gasteiger partial charge in [-0.2, -0.15) is 0 Å². The van der Waals surface area contributed by atoms with Crippen molar-refractivity contribution >= 4 is 11.7 Å². The van der Waals surface area contributed by atoms with Gasteiger partial charge in [0.15, 0.2) is 11.7 Å². The van der Waals surface area contributed by atoms with E-state index < -0.39 is 5.82 Å². The standard InChI is InChI=1S/C11H14FN3O/c1-2-10(16)8-3-7(4-9(12)5-8)6-15-11(13)14/h3-5H,2,6H2,1H3,(H4,13,14,15)/i12-1. The van der Waals surface area contributed by atoms with Crippen molar-refractivity contribution in [2.75, 3.05) is 0 Å². The van der Waals surface area contributed by atoms with Gasteiger partial charge in [0.05, 0.1) is 6.54 Å². The van der Waals surface area contributed by atoms with Gasteiger partial charge in [-0.3, -0.25) is 4.79 Å². The predicted octanol–water partition coefficient (Wildman–Crippen LogP) is 1.19. The van der Waals surface area contributed by atoms with Crippen LogP contribution in [0.25, 0.3) is 0 Å². The lowest BCUT2D eigenvalue weighted by Gasteiger charge is -2.02. The Hall–Kier alpha value is -1.91. The van der Waals surface area contributed by atoms with Gasteiger partial charge in [0, 0.05) is 12.0 Å². The third-order valence-corrected chi connectivity index (χ3v) is 2.04. The maximum absolute atomic E-state index is 13.2. The number of hydrogen-bond acceptors (Lipinski definition) is 2. The Morgan fingerprint density at radius 3 is 2.62 bits per heavy atom. The molecule has 0 bridgehead atoms. The Labute approximate surface area is 93.2 Å². The number of aliphatic imine (C=N–C) groups is 1. The monoisotopic (exact) mass is 222 g/mol. The number of guanidine groups is 1. The first-order valence-electron chi connectivity index (χ1n) is 4.91. The SMILES string of the molecule is CCC(=O)c1cc([18F])cc(CN=C(N)N)c1. The van der Waals surface area contributed by atoms with Gasteiger partial charge in [0.25, 0.3) is 0 Å². The van der Waals surface area contributed by atoms with Crippen molar-refractivity contribution in [3.63, 3.8) is 0 Å². The molecule has 1 aromatic rings. The molecular formula is C11H14FN3O. The fourth-order valence-corrected chi connectivity index (χ4v) is 1.29. The van der Waals surface area contributed by atoms with E-state index in [1.165, 1.54) is 12.1 Å². The summed E-state index contributed by atoms with van der Waals surface area (Å²) in [6.07, 6.45) is 0.338. The van der Waals surface area contributed by atoms with Crippen LogP contribution in [0.15, 0.2) is 23.2 Å². The number of halogens is 1. The summed E-state index contributed by atoms with van der Waals surface area (Å²) in [6, 6.07) is 4.12. The van der Waals surface area contributed by atoms with E-state index in [-0.39, 0.29) is 18.3 Å². The highest BCUT2D eigenvalue weighted by molar-refractivity contribution is 5.96. The highest BCUT2D eigenvalue weighted by Crippen LogP contribution is 2.12. The average Bonchev–Trinajstić information content (AvgIpc) is 2.24. The molecule has 0 aliphatic carbocycles. The van der Waals surface area contributed by atoms with Gasteiger partial charge in [-0.15, -0.1) is 0 Å².